The first-order chi connectivity index (χ1) is 11.6. The van der Waals surface area contributed by atoms with Gasteiger partial charge in [-0.1, -0.05) is 18.2 Å². The highest BCUT2D eigenvalue weighted by Crippen LogP contribution is 2.21. The quantitative estimate of drug-likeness (QED) is 0.676. The maximum absolute atomic E-state index is 12.3. The van der Waals surface area contributed by atoms with Crippen molar-refractivity contribution in [2.24, 2.45) is 0 Å². The lowest BCUT2D eigenvalue weighted by atomic mass is 10.1. The Morgan fingerprint density at radius 3 is 2.50 bits per heavy atom. The van der Waals surface area contributed by atoms with Gasteiger partial charge in [0.1, 0.15) is 5.75 Å². The smallest absolute Gasteiger partial charge is 0.277 e. The van der Waals surface area contributed by atoms with Crippen molar-refractivity contribution in [2.75, 3.05) is 21.3 Å². The van der Waals surface area contributed by atoms with Crippen molar-refractivity contribution in [3.8, 4) is 5.75 Å². The molecule has 0 atom stereocenters. The van der Waals surface area contributed by atoms with Crippen LogP contribution in [-0.4, -0.2) is 36.8 Å². The third-order valence-corrected chi connectivity index (χ3v) is 4.09. The number of hydrogen-bond donors (Lipinski definition) is 0. The molecule has 0 saturated carbocycles. The zero-order valence-electron chi connectivity index (χ0n) is 14.0. The lowest BCUT2D eigenvalue weighted by Crippen LogP contribution is -2.25. The van der Waals surface area contributed by atoms with E-state index in [1.807, 2.05) is 54.7 Å². The molecule has 0 saturated heterocycles. The fourth-order valence-electron chi connectivity index (χ4n) is 2.65. The third-order valence-electron chi connectivity index (χ3n) is 4.09. The molecule has 1 aromatic heterocycles. The van der Waals surface area contributed by atoms with E-state index < -0.39 is 0 Å². The topological polar surface area (TPSA) is 43.7 Å². The first-order valence-electron chi connectivity index (χ1n) is 7.66. The molecule has 1 heterocycles. The fourth-order valence-corrected chi connectivity index (χ4v) is 2.65. The lowest BCUT2D eigenvalue weighted by Gasteiger charge is -2.14. The molecule has 1 amide bonds. The van der Waals surface area contributed by atoms with Crippen LogP contribution in [0.25, 0.3) is 10.9 Å². The summed E-state index contributed by atoms with van der Waals surface area (Å²) in [6, 6.07) is 15.7. The summed E-state index contributed by atoms with van der Waals surface area (Å²) in [6.07, 6.45) is 2.03. The number of nitrogens with zero attached hydrogens (tertiary/aromatic N) is 2. The Kier molecular flexibility index (Phi) is 4.53. The molecule has 3 aromatic rings. The summed E-state index contributed by atoms with van der Waals surface area (Å²) in [7, 11) is 4.73. The van der Waals surface area contributed by atoms with Crippen LogP contribution in [0.1, 0.15) is 15.9 Å². The summed E-state index contributed by atoms with van der Waals surface area (Å²) in [6.45, 7) is 0.727. The molecule has 0 spiro atoms. The molecule has 5 nitrogen and oxygen atoms in total. The minimum atomic E-state index is -0.170. The number of carbonyl (C=O) groups excluding carboxylic acids is 1. The average molecular weight is 324 g/mol. The van der Waals surface area contributed by atoms with Crippen molar-refractivity contribution in [1.29, 1.82) is 0 Å². The minimum Gasteiger partial charge on any atom is -0.497 e. The molecule has 0 unspecified atom stereocenters. The summed E-state index contributed by atoms with van der Waals surface area (Å²) in [4.78, 5) is 17.2. The van der Waals surface area contributed by atoms with Crippen LogP contribution >= 0.6 is 0 Å². The molecule has 24 heavy (non-hydrogen) atoms. The predicted octanol–water partition coefficient (Wildman–Crippen LogP) is 3.33. The van der Waals surface area contributed by atoms with Crippen molar-refractivity contribution < 1.29 is 14.4 Å². The van der Waals surface area contributed by atoms with E-state index in [1.165, 1.54) is 17.7 Å². The molecular weight excluding hydrogens is 304 g/mol. The largest absolute Gasteiger partial charge is 0.497 e. The van der Waals surface area contributed by atoms with Crippen LogP contribution in [0.15, 0.2) is 54.7 Å². The second-order valence-electron chi connectivity index (χ2n) is 5.55. The molecule has 0 aliphatic heterocycles. The molecule has 0 bridgehead atoms. The van der Waals surface area contributed by atoms with Gasteiger partial charge in [0.2, 0.25) is 0 Å². The first kappa shape index (κ1) is 16.1. The van der Waals surface area contributed by atoms with Gasteiger partial charge >= 0.3 is 0 Å². The normalized spacial score (nSPS) is 10.8. The molecule has 124 valence electrons. The van der Waals surface area contributed by atoms with E-state index in [0.29, 0.717) is 5.56 Å². The maximum Gasteiger partial charge on any atom is 0.277 e. The molecular formula is C19H20N2O3. The van der Waals surface area contributed by atoms with Crippen LogP contribution in [0.2, 0.25) is 0 Å². The summed E-state index contributed by atoms with van der Waals surface area (Å²) in [5.74, 6) is 0.670. The zero-order chi connectivity index (χ0) is 17.1. The number of fused-ring (bicyclic) bond motifs is 1. The van der Waals surface area contributed by atoms with Gasteiger partial charge in [-0.25, -0.2) is 5.06 Å². The summed E-state index contributed by atoms with van der Waals surface area (Å²) >= 11 is 0. The van der Waals surface area contributed by atoms with E-state index in [-0.39, 0.29) is 5.91 Å². The van der Waals surface area contributed by atoms with Crippen LogP contribution in [0, 0.1) is 0 Å². The first-order valence-corrected chi connectivity index (χ1v) is 7.66. The molecule has 3 rings (SSSR count). The second kappa shape index (κ2) is 6.76. The van der Waals surface area contributed by atoms with E-state index in [2.05, 4.69) is 4.57 Å². The standard InChI is InChI=1S/C19H20N2O3/c1-20(24-3)19(22)16-7-6-15-10-11-21(18(15)12-16)13-14-4-8-17(23-2)9-5-14/h4-12H,13H2,1-3H3. The van der Waals surface area contributed by atoms with Crippen molar-refractivity contribution >= 4 is 16.8 Å². The van der Waals surface area contributed by atoms with Crippen LogP contribution in [0.3, 0.4) is 0 Å². The Morgan fingerprint density at radius 2 is 1.83 bits per heavy atom. The van der Waals surface area contributed by atoms with E-state index in [9.17, 15) is 4.79 Å². The van der Waals surface area contributed by atoms with E-state index in [0.717, 1.165) is 23.2 Å². The minimum absolute atomic E-state index is 0.170. The van der Waals surface area contributed by atoms with Crippen LogP contribution in [0.5, 0.6) is 5.75 Å². The number of carbonyl (C=O) groups is 1. The number of hydrogen-bond acceptors (Lipinski definition) is 3. The molecule has 5 heteroatoms. The highest BCUT2D eigenvalue weighted by molar-refractivity contribution is 5.97. The van der Waals surface area contributed by atoms with Gasteiger partial charge in [-0.3, -0.25) is 9.63 Å². The van der Waals surface area contributed by atoms with Crippen LogP contribution in [0.4, 0.5) is 0 Å². The summed E-state index contributed by atoms with van der Waals surface area (Å²) in [5, 5.41) is 2.32. The van der Waals surface area contributed by atoms with Gasteiger partial charge in [-0.05, 0) is 41.3 Å². The van der Waals surface area contributed by atoms with Gasteiger partial charge in [0.25, 0.3) is 5.91 Å². The average Bonchev–Trinajstić information content (AvgIpc) is 3.03. The number of ether oxygens (including phenoxy) is 1. The molecule has 2 aromatic carbocycles. The van der Waals surface area contributed by atoms with Crippen molar-refractivity contribution in [2.45, 2.75) is 6.54 Å². The highest BCUT2D eigenvalue weighted by Gasteiger charge is 2.13. The maximum atomic E-state index is 12.3. The number of methoxy groups -OCH3 is 1. The van der Waals surface area contributed by atoms with E-state index in [1.54, 1.807) is 14.2 Å². The highest BCUT2D eigenvalue weighted by atomic mass is 16.7. The molecule has 0 fully saturated rings. The number of aromatic nitrogens is 1. The second-order valence-corrected chi connectivity index (χ2v) is 5.55. The van der Waals surface area contributed by atoms with Gasteiger partial charge in [0, 0.05) is 30.9 Å². The SMILES string of the molecule is COc1ccc(Cn2ccc3ccc(C(=O)N(C)OC)cc32)cc1. The Morgan fingerprint density at radius 1 is 1.08 bits per heavy atom. The molecule has 0 aliphatic rings. The fraction of sp³-hybridized carbons (Fsp3) is 0.211. The Labute approximate surface area is 141 Å². The van der Waals surface area contributed by atoms with E-state index in [4.69, 9.17) is 9.57 Å². The van der Waals surface area contributed by atoms with Gasteiger partial charge in [0.15, 0.2) is 0 Å². The van der Waals surface area contributed by atoms with Crippen molar-refractivity contribution in [1.82, 2.24) is 9.63 Å². The third kappa shape index (κ3) is 3.12. The Hall–Kier alpha value is -2.79. The van der Waals surface area contributed by atoms with Gasteiger partial charge in [-0.2, -0.15) is 0 Å². The molecule has 0 N–H and O–H groups in total. The van der Waals surface area contributed by atoms with Gasteiger partial charge in [-0.15, -0.1) is 0 Å². The number of amides is 1. The molecule has 0 aliphatic carbocycles. The Bertz CT molecular complexity index is 853. The van der Waals surface area contributed by atoms with Crippen molar-refractivity contribution in [3.63, 3.8) is 0 Å². The van der Waals surface area contributed by atoms with Gasteiger partial charge in [0.05, 0.1) is 14.2 Å². The Balaban J connectivity index is 1.91. The molecule has 0 radical (unpaired) electrons. The number of benzene rings is 2. The summed E-state index contributed by atoms with van der Waals surface area (Å²) in [5.41, 5.74) is 2.78. The predicted molar refractivity (Wildman–Crippen MR) is 93.1 cm³/mol. The number of hydroxylamine groups is 2. The van der Waals surface area contributed by atoms with Crippen LogP contribution in [-0.2, 0) is 11.4 Å². The van der Waals surface area contributed by atoms with Crippen LogP contribution < -0.4 is 4.74 Å². The summed E-state index contributed by atoms with van der Waals surface area (Å²) < 4.78 is 7.31. The monoisotopic (exact) mass is 324 g/mol. The lowest BCUT2D eigenvalue weighted by molar-refractivity contribution is -0.0756. The van der Waals surface area contributed by atoms with Crippen molar-refractivity contribution in [3.05, 3.63) is 65.9 Å². The van der Waals surface area contributed by atoms with Gasteiger partial charge < -0.3 is 9.30 Å². The zero-order valence-corrected chi connectivity index (χ0v) is 14.0. The van der Waals surface area contributed by atoms with E-state index >= 15 is 0 Å². The number of rotatable bonds is 5.